The average molecular weight is 195 g/mol. The van der Waals surface area contributed by atoms with Crippen LogP contribution in [-0.2, 0) is 4.74 Å². The van der Waals surface area contributed by atoms with Crippen LogP contribution in [0.5, 0.6) is 0 Å². The van der Waals surface area contributed by atoms with Gasteiger partial charge in [-0.05, 0) is 27.7 Å². The van der Waals surface area contributed by atoms with E-state index >= 15 is 0 Å². The molecule has 0 spiro atoms. The zero-order valence-electron chi connectivity index (χ0n) is 8.73. The Morgan fingerprint density at radius 1 is 1.31 bits per heavy atom. The fourth-order valence-electron chi connectivity index (χ4n) is 0.746. The smallest absolute Gasteiger partial charge is 0.261 e. The second-order valence-corrected chi connectivity index (χ2v) is 4.17. The molecule has 4 heteroatoms. The van der Waals surface area contributed by atoms with Crippen LogP contribution in [0.25, 0.3) is 0 Å². The number of halogens is 2. The van der Waals surface area contributed by atoms with Gasteiger partial charge in [-0.25, -0.2) is 8.78 Å². The van der Waals surface area contributed by atoms with Crippen LogP contribution in [0.1, 0.15) is 27.7 Å². The number of ether oxygens (including phenoxy) is 1. The molecular formula is C9H19F2NO. The van der Waals surface area contributed by atoms with Gasteiger partial charge in [0.15, 0.2) is 0 Å². The van der Waals surface area contributed by atoms with E-state index in [-0.39, 0.29) is 11.6 Å². The third-order valence-electron chi connectivity index (χ3n) is 1.43. The maximum atomic E-state index is 11.7. The topological polar surface area (TPSA) is 21.3 Å². The minimum Gasteiger partial charge on any atom is -0.371 e. The molecule has 0 aromatic carbocycles. The normalized spacial score (nSPS) is 15.0. The zero-order valence-corrected chi connectivity index (χ0v) is 8.73. The van der Waals surface area contributed by atoms with Crippen LogP contribution in [0.3, 0.4) is 0 Å². The van der Waals surface area contributed by atoms with Gasteiger partial charge < -0.3 is 10.1 Å². The minimum atomic E-state index is -2.38. The highest BCUT2D eigenvalue weighted by molar-refractivity contribution is 4.71. The highest BCUT2D eigenvalue weighted by atomic mass is 19.3. The number of nitrogens with one attached hydrogen (secondary N) is 1. The van der Waals surface area contributed by atoms with Gasteiger partial charge in [-0.3, -0.25) is 0 Å². The first-order valence-electron chi connectivity index (χ1n) is 4.46. The average Bonchev–Trinajstić information content (AvgIpc) is 1.95. The molecule has 0 rings (SSSR count). The fraction of sp³-hybridized carbons (Fsp3) is 1.00. The molecule has 0 radical (unpaired) electrons. The van der Waals surface area contributed by atoms with Crippen LogP contribution in [0.15, 0.2) is 0 Å². The number of alkyl halides is 2. The molecule has 0 saturated carbocycles. The lowest BCUT2D eigenvalue weighted by Crippen LogP contribution is -2.41. The first kappa shape index (κ1) is 12.8. The number of rotatable bonds is 5. The van der Waals surface area contributed by atoms with E-state index in [1.54, 1.807) is 6.92 Å². The van der Waals surface area contributed by atoms with Crippen molar-refractivity contribution in [1.82, 2.24) is 5.32 Å². The standard InChI is InChI=1S/C9H19F2NO/c1-7(13-6-8(10)11)5-12-9(2,3)4/h7-8,12H,5-6H2,1-4H3. The first-order chi connectivity index (χ1) is 5.81. The summed E-state index contributed by atoms with van der Waals surface area (Å²) in [6.07, 6.45) is -2.55. The second-order valence-electron chi connectivity index (χ2n) is 4.17. The van der Waals surface area contributed by atoms with E-state index in [0.29, 0.717) is 6.54 Å². The minimum absolute atomic E-state index is 0.00243. The van der Waals surface area contributed by atoms with E-state index in [1.165, 1.54) is 0 Å². The Bertz CT molecular complexity index is 134. The fourth-order valence-corrected chi connectivity index (χ4v) is 0.746. The molecule has 1 atom stereocenters. The summed E-state index contributed by atoms with van der Waals surface area (Å²) in [5.74, 6) is 0. The largest absolute Gasteiger partial charge is 0.371 e. The van der Waals surface area contributed by atoms with Crippen molar-refractivity contribution in [3.8, 4) is 0 Å². The Morgan fingerprint density at radius 3 is 2.23 bits per heavy atom. The Hall–Kier alpha value is -0.220. The predicted molar refractivity (Wildman–Crippen MR) is 49.2 cm³/mol. The van der Waals surface area contributed by atoms with Crippen LogP contribution >= 0.6 is 0 Å². The molecule has 13 heavy (non-hydrogen) atoms. The van der Waals surface area contributed by atoms with E-state index in [2.05, 4.69) is 5.32 Å². The van der Waals surface area contributed by atoms with Gasteiger partial charge in [-0.2, -0.15) is 0 Å². The summed E-state index contributed by atoms with van der Waals surface area (Å²) in [6, 6.07) is 0. The zero-order chi connectivity index (χ0) is 10.5. The van der Waals surface area contributed by atoms with Crippen molar-refractivity contribution in [2.24, 2.45) is 0 Å². The lowest BCUT2D eigenvalue weighted by Gasteiger charge is -2.23. The Labute approximate surface area is 78.7 Å². The van der Waals surface area contributed by atoms with Crippen molar-refractivity contribution in [3.63, 3.8) is 0 Å². The van der Waals surface area contributed by atoms with Crippen molar-refractivity contribution < 1.29 is 13.5 Å². The molecule has 2 nitrogen and oxygen atoms in total. The van der Waals surface area contributed by atoms with Gasteiger partial charge in [0.1, 0.15) is 6.61 Å². The van der Waals surface area contributed by atoms with Crippen molar-refractivity contribution >= 4 is 0 Å². The number of hydrogen-bond acceptors (Lipinski definition) is 2. The van der Waals surface area contributed by atoms with Crippen molar-refractivity contribution in [2.75, 3.05) is 13.2 Å². The molecule has 0 fully saturated rings. The molecule has 0 bridgehead atoms. The van der Waals surface area contributed by atoms with E-state index in [0.717, 1.165) is 0 Å². The van der Waals surface area contributed by atoms with Gasteiger partial charge >= 0.3 is 0 Å². The quantitative estimate of drug-likeness (QED) is 0.725. The molecule has 80 valence electrons. The molecule has 0 aliphatic rings. The highest BCUT2D eigenvalue weighted by Crippen LogP contribution is 2.01. The van der Waals surface area contributed by atoms with Gasteiger partial charge in [0.2, 0.25) is 0 Å². The molecule has 0 aromatic rings. The Kier molecular flexibility index (Phi) is 5.40. The molecule has 0 saturated heterocycles. The van der Waals surface area contributed by atoms with Gasteiger partial charge in [0.25, 0.3) is 6.43 Å². The summed E-state index contributed by atoms with van der Waals surface area (Å²) < 4.78 is 28.3. The van der Waals surface area contributed by atoms with Gasteiger partial charge in [-0.15, -0.1) is 0 Å². The molecule has 0 aliphatic heterocycles. The van der Waals surface area contributed by atoms with E-state index in [9.17, 15) is 8.78 Å². The summed E-state index contributed by atoms with van der Waals surface area (Å²) in [6.45, 7) is 7.96. The molecule has 1 N–H and O–H groups in total. The SMILES string of the molecule is CC(CNC(C)(C)C)OCC(F)F. The van der Waals surface area contributed by atoms with Gasteiger partial charge in [0, 0.05) is 12.1 Å². The van der Waals surface area contributed by atoms with Crippen molar-refractivity contribution in [3.05, 3.63) is 0 Å². The maximum absolute atomic E-state index is 11.7. The summed E-state index contributed by atoms with van der Waals surface area (Å²) in [4.78, 5) is 0. The third kappa shape index (κ3) is 9.70. The summed E-state index contributed by atoms with van der Waals surface area (Å²) in [5, 5.41) is 3.18. The number of hydrogen-bond donors (Lipinski definition) is 1. The monoisotopic (exact) mass is 195 g/mol. The van der Waals surface area contributed by atoms with Crippen LogP contribution in [0, 0.1) is 0 Å². The summed E-state index contributed by atoms with van der Waals surface area (Å²) >= 11 is 0. The lowest BCUT2D eigenvalue weighted by atomic mass is 10.1. The van der Waals surface area contributed by atoms with E-state index < -0.39 is 13.0 Å². The summed E-state index contributed by atoms with van der Waals surface area (Å²) in [7, 11) is 0. The lowest BCUT2D eigenvalue weighted by molar-refractivity contribution is -0.0180. The molecule has 0 aromatic heterocycles. The third-order valence-corrected chi connectivity index (χ3v) is 1.43. The molecule has 0 amide bonds. The summed E-state index contributed by atoms with van der Waals surface area (Å²) in [5.41, 5.74) is 0.00243. The van der Waals surface area contributed by atoms with E-state index in [1.807, 2.05) is 20.8 Å². The van der Waals surface area contributed by atoms with Gasteiger partial charge in [-0.1, -0.05) is 0 Å². The Morgan fingerprint density at radius 2 is 1.85 bits per heavy atom. The van der Waals surface area contributed by atoms with E-state index in [4.69, 9.17) is 4.74 Å². The predicted octanol–water partition coefficient (Wildman–Crippen LogP) is 2.04. The molecule has 0 heterocycles. The second kappa shape index (κ2) is 5.50. The molecule has 1 unspecified atom stereocenters. The Balaban J connectivity index is 3.46. The maximum Gasteiger partial charge on any atom is 0.261 e. The van der Waals surface area contributed by atoms with Crippen LogP contribution < -0.4 is 5.32 Å². The first-order valence-corrected chi connectivity index (χ1v) is 4.46. The molecule has 0 aliphatic carbocycles. The van der Waals surface area contributed by atoms with Crippen molar-refractivity contribution in [1.29, 1.82) is 0 Å². The van der Waals surface area contributed by atoms with Gasteiger partial charge in [0.05, 0.1) is 6.10 Å². The van der Waals surface area contributed by atoms with Crippen molar-refractivity contribution in [2.45, 2.75) is 45.8 Å². The highest BCUT2D eigenvalue weighted by Gasteiger charge is 2.12. The molecular weight excluding hydrogens is 176 g/mol. The van der Waals surface area contributed by atoms with Crippen LogP contribution in [0.2, 0.25) is 0 Å². The van der Waals surface area contributed by atoms with Crippen LogP contribution in [-0.4, -0.2) is 31.2 Å². The van der Waals surface area contributed by atoms with Crippen LogP contribution in [0.4, 0.5) is 8.78 Å².